The van der Waals surface area contributed by atoms with Crippen LogP contribution >= 0.6 is 0 Å². The van der Waals surface area contributed by atoms with Crippen LogP contribution in [0.5, 0.6) is 0 Å². The topological polar surface area (TPSA) is 58.2 Å². The number of hydrogen-bond donors (Lipinski definition) is 2. The van der Waals surface area contributed by atoms with Crippen LogP contribution in [0.25, 0.3) is 0 Å². The standard InChI is InChI=1S/C13H18N2O2S/c1-9(18(2)17)8-15-13(16)11-4-3-10-5-6-14-12(10)7-11/h3-4,7,9,14H,5-6,8H2,1-2H3,(H,15,16). The zero-order valence-electron chi connectivity index (χ0n) is 10.7. The molecule has 18 heavy (non-hydrogen) atoms. The van der Waals surface area contributed by atoms with Crippen molar-refractivity contribution >= 4 is 22.4 Å². The highest BCUT2D eigenvalue weighted by Gasteiger charge is 2.14. The fraction of sp³-hybridized carbons (Fsp3) is 0.462. The van der Waals surface area contributed by atoms with E-state index in [0.29, 0.717) is 12.1 Å². The van der Waals surface area contributed by atoms with E-state index in [4.69, 9.17) is 0 Å². The maximum Gasteiger partial charge on any atom is 0.251 e. The van der Waals surface area contributed by atoms with Gasteiger partial charge in [0.1, 0.15) is 0 Å². The Morgan fingerprint density at radius 3 is 3.06 bits per heavy atom. The van der Waals surface area contributed by atoms with Gasteiger partial charge in [0.15, 0.2) is 0 Å². The lowest BCUT2D eigenvalue weighted by Gasteiger charge is -2.10. The summed E-state index contributed by atoms with van der Waals surface area (Å²) >= 11 is 0. The molecule has 2 unspecified atom stereocenters. The third-order valence-corrected chi connectivity index (χ3v) is 4.50. The largest absolute Gasteiger partial charge is 0.384 e. The molecule has 0 fully saturated rings. The molecule has 2 N–H and O–H groups in total. The average molecular weight is 266 g/mol. The molecular formula is C13H18N2O2S. The van der Waals surface area contributed by atoms with E-state index in [-0.39, 0.29) is 11.2 Å². The second-order valence-electron chi connectivity index (χ2n) is 4.57. The van der Waals surface area contributed by atoms with E-state index < -0.39 is 10.8 Å². The number of benzene rings is 1. The number of amides is 1. The van der Waals surface area contributed by atoms with Crippen molar-refractivity contribution < 1.29 is 9.00 Å². The Labute approximate surface area is 110 Å². The van der Waals surface area contributed by atoms with Crippen molar-refractivity contribution in [2.24, 2.45) is 0 Å². The van der Waals surface area contributed by atoms with Gasteiger partial charge in [-0.3, -0.25) is 9.00 Å². The molecule has 0 spiro atoms. The van der Waals surface area contributed by atoms with Crippen LogP contribution in [0.4, 0.5) is 5.69 Å². The van der Waals surface area contributed by atoms with Crippen molar-refractivity contribution in [2.45, 2.75) is 18.6 Å². The van der Waals surface area contributed by atoms with Gasteiger partial charge in [0.05, 0.1) is 0 Å². The van der Waals surface area contributed by atoms with Crippen molar-refractivity contribution in [3.8, 4) is 0 Å². The Bertz CT molecular complexity index is 488. The fourth-order valence-electron chi connectivity index (χ4n) is 1.89. The lowest BCUT2D eigenvalue weighted by molar-refractivity contribution is 0.0954. The van der Waals surface area contributed by atoms with Crippen LogP contribution in [0.3, 0.4) is 0 Å². The minimum Gasteiger partial charge on any atom is -0.384 e. The molecule has 0 aliphatic carbocycles. The van der Waals surface area contributed by atoms with Crippen molar-refractivity contribution in [1.29, 1.82) is 0 Å². The molecule has 1 heterocycles. The first-order valence-corrected chi connectivity index (χ1v) is 7.67. The second-order valence-corrected chi connectivity index (χ2v) is 6.37. The Morgan fingerprint density at radius 2 is 2.33 bits per heavy atom. The van der Waals surface area contributed by atoms with Crippen LogP contribution in [-0.4, -0.2) is 34.7 Å². The van der Waals surface area contributed by atoms with Crippen LogP contribution in [-0.2, 0) is 17.2 Å². The lowest BCUT2D eigenvalue weighted by Crippen LogP contribution is -2.32. The number of anilines is 1. The van der Waals surface area contributed by atoms with Crippen LogP contribution in [0.2, 0.25) is 0 Å². The Kier molecular flexibility index (Phi) is 4.01. The number of carbonyl (C=O) groups excluding carboxylic acids is 1. The summed E-state index contributed by atoms with van der Waals surface area (Å²) in [5.41, 5.74) is 2.96. The van der Waals surface area contributed by atoms with Gasteiger partial charge in [0, 0.05) is 46.6 Å². The van der Waals surface area contributed by atoms with Gasteiger partial charge in [-0.05, 0) is 31.0 Å². The van der Waals surface area contributed by atoms with Gasteiger partial charge in [-0.15, -0.1) is 0 Å². The summed E-state index contributed by atoms with van der Waals surface area (Å²) in [4.78, 5) is 11.9. The molecule has 1 aromatic rings. The summed E-state index contributed by atoms with van der Waals surface area (Å²) in [5, 5.41) is 6.03. The molecule has 98 valence electrons. The third-order valence-electron chi connectivity index (χ3n) is 3.20. The molecule has 1 aliphatic heterocycles. The molecular weight excluding hydrogens is 248 g/mol. The Balaban J connectivity index is 1.99. The first kappa shape index (κ1) is 13.1. The first-order chi connectivity index (χ1) is 8.58. The third kappa shape index (κ3) is 2.90. The van der Waals surface area contributed by atoms with Crippen molar-refractivity contribution in [3.05, 3.63) is 29.3 Å². The predicted octanol–water partition coefficient (Wildman–Crippen LogP) is 1.15. The fourth-order valence-corrected chi connectivity index (χ4v) is 2.21. The SMILES string of the molecule is CC(CNC(=O)c1ccc2c(c1)NCC2)S(C)=O. The van der Waals surface area contributed by atoms with Gasteiger partial charge < -0.3 is 10.6 Å². The normalized spacial score (nSPS) is 16.6. The Hall–Kier alpha value is -1.36. The summed E-state index contributed by atoms with van der Waals surface area (Å²) in [5.74, 6) is -0.108. The van der Waals surface area contributed by atoms with Crippen LogP contribution in [0.1, 0.15) is 22.8 Å². The van der Waals surface area contributed by atoms with E-state index in [1.807, 2.05) is 25.1 Å². The monoisotopic (exact) mass is 266 g/mol. The molecule has 0 saturated carbocycles. The lowest BCUT2D eigenvalue weighted by atomic mass is 10.1. The molecule has 2 atom stereocenters. The van der Waals surface area contributed by atoms with Gasteiger partial charge in [-0.2, -0.15) is 0 Å². The predicted molar refractivity (Wildman–Crippen MR) is 74.5 cm³/mol. The van der Waals surface area contributed by atoms with E-state index in [1.165, 1.54) is 5.56 Å². The Morgan fingerprint density at radius 1 is 1.56 bits per heavy atom. The van der Waals surface area contributed by atoms with Crippen LogP contribution in [0, 0.1) is 0 Å². The zero-order chi connectivity index (χ0) is 13.1. The summed E-state index contributed by atoms with van der Waals surface area (Å²) in [6, 6.07) is 5.71. The molecule has 0 radical (unpaired) electrons. The number of hydrogen-bond acceptors (Lipinski definition) is 3. The van der Waals surface area contributed by atoms with Crippen molar-refractivity contribution in [2.75, 3.05) is 24.7 Å². The van der Waals surface area contributed by atoms with Crippen LogP contribution < -0.4 is 10.6 Å². The highest BCUT2D eigenvalue weighted by Crippen LogP contribution is 2.23. The summed E-state index contributed by atoms with van der Waals surface area (Å²) in [7, 11) is -0.910. The maximum atomic E-state index is 11.9. The number of fused-ring (bicyclic) bond motifs is 1. The molecule has 0 bridgehead atoms. The molecule has 1 aromatic carbocycles. The maximum absolute atomic E-state index is 11.9. The smallest absolute Gasteiger partial charge is 0.251 e. The van der Waals surface area contributed by atoms with E-state index in [1.54, 1.807) is 6.26 Å². The molecule has 2 rings (SSSR count). The average Bonchev–Trinajstić information content (AvgIpc) is 2.82. The van der Waals surface area contributed by atoms with E-state index in [0.717, 1.165) is 18.7 Å². The van der Waals surface area contributed by atoms with Gasteiger partial charge in [0.25, 0.3) is 5.91 Å². The number of carbonyl (C=O) groups is 1. The van der Waals surface area contributed by atoms with Gasteiger partial charge in [-0.1, -0.05) is 6.07 Å². The summed E-state index contributed by atoms with van der Waals surface area (Å²) in [6.07, 6.45) is 2.67. The molecule has 1 amide bonds. The molecule has 0 saturated heterocycles. The van der Waals surface area contributed by atoms with E-state index >= 15 is 0 Å². The minimum absolute atomic E-state index is 0.0264. The highest BCUT2D eigenvalue weighted by molar-refractivity contribution is 7.84. The first-order valence-electron chi connectivity index (χ1n) is 6.05. The van der Waals surface area contributed by atoms with E-state index in [2.05, 4.69) is 10.6 Å². The minimum atomic E-state index is -0.910. The molecule has 1 aliphatic rings. The number of rotatable bonds is 4. The van der Waals surface area contributed by atoms with Crippen molar-refractivity contribution in [1.82, 2.24) is 5.32 Å². The molecule has 5 heteroatoms. The molecule has 4 nitrogen and oxygen atoms in total. The van der Waals surface area contributed by atoms with Gasteiger partial charge in [-0.25, -0.2) is 0 Å². The van der Waals surface area contributed by atoms with Gasteiger partial charge >= 0.3 is 0 Å². The van der Waals surface area contributed by atoms with E-state index in [9.17, 15) is 9.00 Å². The second kappa shape index (κ2) is 5.52. The quantitative estimate of drug-likeness (QED) is 0.859. The summed E-state index contributed by atoms with van der Waals surface area (Å²) in [6.45, 7) is 3.24. The number of nitrogens with one attached hydrogen (secondary N) is 2. The molecule has 0 aromatic heterocycles. The van der Waals surface area contributed by atoms with Gasteiger partial charge in [0.2, 0.25) is 0 Å². The zero-order valence-corrected chi connectivity index (χ0v) is 11.5. The summed E-state index contributed by atoms with van der Waals surface area (Å²) < 4.78 is 11.2. The highest BCUT2D eigenvalue weighted by atomic mass is 32.2. The van der Waals surface area contributed by atoms with Crippen LogP contribution in [0.15, 0.2) is 18.2 Å². The van der Waals surface area contributed by atoms with Crippen molar-refractivity contribution in [3.63, 3.8) is 0 Å².